The monoisotopic (exact) mass is 227 g/mol. The highest BCUT2D eigenvalue weighted by Crippen LogP contribution is 2.43. The Bertz CT molecular complexity index is 176. The summed E-state index contributed by atoms with van der Waals surface area (Å²) >= 11 is 0. The molecule has 1 rings (SSSR count). The summed E-state index contributed by atoms with van der Waals surface area (Å²) in [4.78, 5) is 0. The largest absolute Gasteiger partial charge is 0.381 e. The van der Waals surface area contributed by atoms with Crippen LogP contribution in [-0.2, 0) is 4.74 Å². The summed E-state index contributed by atoms with van der Waals surface area (Å²) < 4.78 is 5.61. The molecule has 96 valence electrons. The maximum atomic E-state index is 5.61. The Labute approximate surface area is 101 Å². The fraction of sp³-hybridized carbons (Fsp3) is 1.00. The van der Waals surface area contributed by atoms with E-state index in [4.69, 9.17) is 4.74 Å². The summed E-state index contributed by atoms with van der Waals surface area (Å²) in [6.45, 7) is 10.9. The highest BCUT2D eigenvalue weighted by atomic mass is 16.5. The maximum Gasteiger partial charge on any atom is 0.0471 e. The third-order valence-electron chi connectivity index (χ3n) is 3.59. The van der Waals surface area contributed by atoms with E-state index in [1.165, 1.54) is 32.2 Å². The van der Waals surface area contributed by atoms with Gasteiger partial charge in [0.15, 0.2) is 0 Å². The maximum absolute atomic E-state index is 5.61. The second kappa shape index (κ2) is 7.29. The van der Waals surface area contributed by atoms with E-state index in [9.17, 15) is 0 Å². The topological polar surface area (TPSA) is 21.3 Å². The lowest BCUT2D eigenvalue weighted by molar-refractivity contribution is 0.0493. The second-order valence-corrected chi connectivity index (χ2v) is 5.74. The van der Waals surface area contributed by atoms with Gasteiger partial charge in [0.2, 0.25) is 0 Å². The summed E-state index contributed by atoms with van der Waals surface area (Å²) in [5, 5.41) is 3.61. The van der Waals surface area contributed by atoms with Crippen molar-refractivity contribution < 1.29 is 4.74 Å². The summed E-state index contributed by atoms with van der Waals surface area (Å²) in [5.41, 5.74) is 0.572. The van der Waals surface area contributed by atoms with Gasteiger partial charge in [-0.05, 0) is 43.6 Å². The Morgan fingerprint density at radius 3 is 2.50 bits per heavy atom. The van der Waals surface area contributed by atoms with E-state index >= 15 is 0 Å². The van der Waals surface area contributed by atoms with E-state index in [0.717, 1.165) is 32.1 Å². The van der Waals surface area contributed by atoms with Crippen molar-refractivity contribution in [3.05, 3.63) is 0 Å². The van der Waals surface area contributed by atoms with Crippen LogP contribution in [0.15, 0.2) is 0 Å². The van der Waals surface area contributed by atoms with Crippen LogP contribution in [0, 0.1) is 11.3 Å². The molecule has 2 heteroatoms. The molecule has 0 aromatic rings. The summed E-state index contributed by atoms with van der Waals surface area (Å²) in [6, 6.07) is 0. The third kappa shape index (κ3) is 4.84. The standard InChI is InChI=1S/C14H29NO/c1-4-9-16-10-8-14(6-5-7-14)12-15-11-13(2)3/h13,15H,4-12H2,1-3H3. The minimum Gasteiger partial charge on any atom is -0.381 e. The minimum atomic E-state index is 0.572. The van der Waals surface area contributed by atoms with Crippen LogP contribution in [0.3, 0.4) is 0 Å². The van der Waals surface area contributed by atoms with Crippen LogP contribution in [0.1, 0.15) is 52.9 Å². The van der Waals surface area contributed by atoms with Crippen molar-refractivity contribution >= 4 is 0 Å². The van der Waals surface area contributed by atoms with Crippen LogP contribution in [0.4, 0.5) is 0 Å². The fourth-order valence-electron chi connectivity index (χ4n) is 2.35. The summed E-state index contributed by atoms with van der Waals surface area (Å²) in [7, 11) is 0. The zero-order chi connectivity index (χ0) is 11.9. The van der Waals surface area contributed by atoms with Crippen molar-refractivity contribution in [1.29, 1.82) is 0 Å². The van der Waals surface area contributed by atoms with E-state index in [-0.39, 0.29) is 0 Å². The molecule has 1 saturated carbocycles. The summed E-state index contributed by atoms with van der Waals surface area (Å²) in [6.07, 6.45) is 6.59. The second-order valence-electron chi connectivity index (χ2n) is 5.74. The van der Waals surface area contributed by atoms with Crippen molar-refractivity contribution in [1.82, 2.24) is 5.32 Å². The van der Waals surface area contributed by atoms with Gasteiger partial charge in [-0.2, -0.15) is 0 Å². The molecule has 0 aliphatic heterocycles. The normalized spacial score (nSPS) is 18.8. The van der Waals surface area contributed by atoms with Gasteiger partial charge < -0.3 is 10.1 Å². The molecule has 1 fully saturated rings. The van der Waals surface area contributed by atoms with Crippen molar-refractivity contribution in [3.8, 4) is 0 Å². The van der Waals surface area contributed by atoms with Gasteiger partial charge in [-0.25, -0.2) is 0 Å². The van der Waals surface area contributed by atoms with Gasteiger partial charge in [0.05, 0.1) is 0 Å². The highest BCUT2D eigenvalue weighted by Gasteiger charge is 2.35. The van der Waals surface area contributed by atoms with Gasteiger partial charge in [-0.15, -0.1) is 0 Å². The molecule has 2 nitrogen and oxygen atoms in total. The first-order chi connectivity index (χ1) is 7.68. The molecule has 0 aromatic carbocycles. The van der Waals surface area contributed by atoms with E-state index in [1.807, 2.05) is 0 Å². The van der Waals surface area contributed by atoms with Gasteiger partial charge in [0.25, 0.3) is 0 Å². The lowest BCUT2D eigenvalue weighted by Crippen LogP contribution is -2.41. The lowest BCUT2D eigenvalue weighted by atomic mass is 9.66. The molecular weight excluding hydrogens is 198 g/mol. The smallest absolute Gasteiger partial charge is 0.0471 e. The van der Waals surface area contributed by atoms with E-state index in [1.54, 1.807) is 0 Å². The summed E-state index contributed by atoms with van der Waals surface area (Å²) in [5.74, 6) is 0.758. The van der Waals surface area contributed by atoms with Gasteiger partial charge in [0, 0.05) is 19.8 Å². The zero-order valence-corrected chi connectivity index (χ0v) is 11.3. The number of hydrogen-bond donors (Lipinski definition) is 1. The number of rotatable bonds is 9. The fourth-order valence-corrected chi connectivity index (χ4v) is 2.35. The third-order valence-corrected chi connectivity index (χ3v) is 3.59. The molecule has 0 bridgehead atoms. The Morgan fingerprint density at radius 1 is 1.25 bits per heavy atom. The molecule has 0 heterocycles. The Kier molecular flexibility index (Phi) is 6.37. The first kappa shape index (κ1) is 14.0. The molecule has 0 spiro atoms. The van der Waals surface area contributed by atoms with Crippen LogP contribution in [-0.4, -0.2) is 26.3 Å². The molecule has 0 saturated heterocycles. The molecule has 0 aromatic heterocycles. The van der Waals surface area contributed by atoms with Gasteiger partial charge >= 0.3 is 0 Å². The minimum absolute atomic E-state index is 0.572. The van der Waals surface area contributed by atoms with E-state index in [2.05, 4.69) is 26.1 Å². The van der Waals surface area contributed by atoms with Crippen LogP contribution in [0.25, 0.3) is 0 Å². The first-order valence-corrected chi connectivity index (χ1v) is 6.97. The molecule has 16 heavy (non-hydrogen) atoms. The van der Waals surface area contributed by atoms with Crippen LogP contribution >= 0.6 is 0 Å². The molecule has 0 radical (unpaired) electrons. The quantitative estimate of drug-likeness (QED) is 0.611. The number of ether oxygens (including phenoxy) is 1. The predicted octanol–water partition coefficient (Wildman–Crippen LogP) is 3.22. The van der Waals surface area contributed by atoms with Crippen molar-refractivity contribution in [2.75, 3.05) is 26.3 Å². The van der Waals surface area contributed by atoms with Crippen LogP contribution < -0.4 is 5.32 Å². The number of nitrogens with one attached hydrogen (secondary N) is 1. The Balaban J connectivity index is 2.12. The zero-order valence-electron chi connectivity index (χ0n) is 11.3. The first-order valence-electron chi connectivity index (χ1n) is 6.97. The van der Waals surface area contributed by atoms with Crippen LogP contribution in [0.5, 0.6) is 0 Å². The Morgan fingerprint density at radius 2 is 2.00 bits per heavy atom. The van der Waals surface area contributed by atoms with Crippen molar-refractivity contribution in [2.45, 2.75) is 52.9 Å². The molecule has 1 aliphatic rings. The molecule has 1 N–H and O–H groups in total. The van der Waals surface area contributed by atoms with E-state index < -0.39 is 0 Å². The van der Waals surface area contributed by atoms with Gasteiger partial charge in [0.1, 0.15) is 0 Å². The van der Waals surface area contributed by atoms with Crippen molar-refractivity contribution in [2.24, 2.45) is 11.3 Å². The van der Waals surface area contributed by atoms with Gasteiger partial charge in [-0.3, -0.25) is 0 Å². The predicted molar refractivity (Wildman–Crippen MR) is 69.7 cm³/mol. The molecule has 1 aliphatic carbocycles. The number of hydrogen-bond acceptors (Lipinski definition) is 2. The van der Waals surface area contributed by atoms with Gasteiger partial charge in [-0.1, -0.05) is 27.2 Å². The molecule has 0 unspecified atom stereocenters. The average Bonchev–Trinajstić information content (AvgIpc) is 2.19. The van der Waals surface area contributed by atoms with E-state index in [0.29, 0.717) is 5.41 Å². The Hall–Kier alpha value is -0.0800. The molecular formula is C14H29NO. The van der Waals surface area contributed by atoms with Crippen molar-refractivity contribution in [3.63, 3.8) is 0 Å². The highest BCUT2D eigenvalue weighted by molar-refractivity contribution is 4.89. The average molecular weight is 227 g/mol. The lowest BCUT2D eigenvalue weighted by Gasteiger charge is -2.42. The SMILES string of the molecule is CCCOCCC1(CNCC(C)C)CCC1. The van der Waals surface area contributed by atoms with Crippen LogP contribution in [0.2, 0.25) is 0 Å². The molecule has 0 amide bonds. The molecule has 0 atom stereocenters.